The van der Waals surface area contributed by atoms with E-state index in [1.807, 2.05) is 24.3 Å². The maximum absolute atomic E-state index is 11.1. The SMILES string of the molecule is COc1cccc(CC2(O)C[C@H]3CN(C[C@@H](O)c4ccc(O)cn4)C[C@@H]3C2)c1. The van der Waals surface area contributed by atoms with E-state index in [1.54, 1.807) is 19.2 Å². The molecule has 0 unspecified atom stereocenters. The number of rotatable bonds is 6. The van der Waals surface area contributed by atoms with E-state index in [0.29, 0.717) is 30.5 Å². The van der Waals surface area contributed by atoms with Crippen molar-refractivity contribution in [3.8, 4) is 11.5 Å². The Bertz CT molecular complexity index is 796. The third-order valence-electron chi connectivity index (χ3n) is 6.15. The van der Waals surface area contributed by atoms with Crippen molar-refractivity contribution < 1.29 is 20.1 Å². The molecule has 28 heavy (non-hydrogen) atoms. The van der Waals surface area contributed by atoms with Gasteiger partial charge in [0.15, 0.2) is 0 Å². The molecular weight excluding hydrogens is 356 g/mol. The van der Waals surface area contributed by atoms with E-state index in [-0.39, 0.29) is 5.75 Å². The van der Waals surface area contributed by atoms with Crippen LogP contribution in [-0.4, -0.2) is 57.5 Å². The fourth-order valence-corrected chi connectivity index (χ4v) is 4.95. The monoisotopic (exact) mass is 384 g/mol. The van der Waals surface area contributed by atoms with Crippen molar-refractivity contribution >= 4 is 0 Å². The zero-order chi connectivity index (χ0) is 19.7. The first-order chi connectivity index (χ1) is 13.4. The molecule has 2 aliphatic rings. The highest BCUT2D eigenvalue weighted by Gasteiger charge is 2.48. The molecule has 2 heterocycles. The first kappa shape index (κ1) is 19.2. The van der Waals surface area contributed by atoms with Gasteiger partial charge >= 0.3 is 0 Å². The Kier molecular flexibility index (Phi) is 5.27. The van der Waals surface area contributed by atoms with Gasteiger partial charge in [0.05, 0.1) is 24.6 Å². The summed E-state index contributed by atoms with van der Waals surface area (Å²) in [5.41, 5.74) is 1.02. The lowest BCUT2D eigenvalue weighted by atomic mass is 9.91. The second kappa shape index (κ2) is 7.70. The zero-order valence-electron chi connectivity index (χ0n) is 16.2. The summed E-state index contributed by atoms with van der Waals surface area (Å²) in [5, 5.41) is 30.9. The molecule has 2 aromatic rings. The fourth-order valence-electron chi connectivity index (χ4n) is 4.95. The van der Waals surface area contributed by atoms with Gasteiger partial charge in [0.2, 0.25) is 0 Å². The Labute approximate surface area is 165 Å². The fraction of sp³-hybridized carbons (Fsp3) is 0.500. The van der Waals surface area contributed by atoms with Gasteiger partial charge in [-0.25, -0.2) is 0 Å². The summed E-state index contributed by atoms with van der Waals surface area (Å²) < 4.78 is 5.29. The Hall–Kier alpha value is -2.15. The summed E-state index contributed by atoms with van der Waals surface area (Å²) in [4.78, 5) is 6.36. The van der Waals surface area contributed by atoms with Crippen LogP contribution in [0.15, 0.2) is 42.6 Å². The van der Waals surface area contributed by atoms with Crippen molar-refractivity contribution in [2.45, 2.75) is 31.0 Å². The number of aromatic hydroxyl groups is 1. The van der Waals surface area contributed by atoms with Gasteiger partial charge < -0.3 is 20.1 Å². The molecule has 150 valence electrons. The highest BCUT2D eigenvalue weighted by molar-refractivity contribution is 5.30. The lowest BCUT2D eigenvalue weighted by molar-refractivity contribution is 0.0326. The molecule has 1 aromatic heterocycles. The van der Waals surface area contributed by atoms with Gasteiger partial charge in [0, 0.05) is 26.1 Å². The van der Waals surface area contributed by atoms with Gasteiger partial charge in [-0.15, -0.1) is 0 Å². The first-order valence-corrected chi connectivity index (χ1v) is 9.85. The van der Waals surface area contributed by atoms with Crippen LogP contribution >= 0.6 is 0 Å². The highest BCUT2D eigenvalue weighted by Crippen LogP contribution is 2.45. The van der Waals surface area contributed by atoms with Gasteiger partial charge in [0.1, 0.15) is 17.6 Å². The maximum Gasteiger partial charge on any atom is 0.133 e. The molecule has 0 amide bonds. The number of methoxy groups -OCH3 is 1. The first-order valence-electron chi connectivity index (χ1n) is 9.85. The number of β-amino-alcohol motifs (C(OH)–C–C–N with tert-alkyl or cyclic N) is 1. The molecule has 0 radical (unpaired) electrons. The molecule has 2 fully saturated rings. The van der Waals surface area contributed by atoms with Gasteiger partial charge in [-0.1, -0.05) is 12.1 Å². The molecule has 3 atom stereocenters. The molecule has 6 heteroatoms. The molecule has 1 aliphatic carbocycles. The number of aliphatic hydroxyl groups excluding tert-OH is 1. The number of aromatic nitrogens is 1. The average molecular weight is 384 g/mol. The summed E-state index contributed by atoms with van der Waals surface area (Å²) in [6.07, 6.45) is 2.92. The van der Waals surface area contributed by atoms with E-state index in [1.165, 1.54) is 6.20 Å². The number of likely N-dealkylation sites (tertiary alicyclic amines) is 1. The zero-order valence-corrected chi connectivity index (χ0v) is 16.2. The number of hydrogen-bond acceptors (Lipinski definition) is 6. The van der Waals surface area contributed by atoms with E-state index in [9.17, 15) is 15.3 Å². The summed E-state index contributed by atoms with van der Waals surface area (Å²) >= 11 is 0. The van der Waals surface area contributed by atoms with Crippen LogP contribution in [0.2, 0.25) is 0 Å². The van der Waals surface area contributed by atoms with Crippen LogP contribution in [0.1, 0.15) is 30.2 Å². The molecule has 0 spiro atoms. The molecular formula is C22H28N2O4. The predicted octanol–water partition coefficient (Wildman–Crippen LogP) is 2.14. The smallest absolute Gasteiger partial charge is 0.133 e. The second-order valence-corrected chi connectivity index (χ2v) is 8.36. The van der Waals surface area contributed by atoms with Gasteiger partial charge in [-0.05, 0) is 54.5 Å². The van der Waals surface area contributed by atoms with E-state index in [4.69, 9.17) is 4.74 Å². The standard InChI is InChI=1S/C22H28N2O4/c1-28-19-4-2-3-15(7-19)8-22(27)9-16-12-24(13-17(16)10-22)14-21(26)20-6-5-18(25)11-23-20/h2-7,11,16-17,21,25-27H,8-10,12-14H2,1H3/t16-,17-,21+/m0/s1. The largest absolute Gasteiger partial charge is 0.506 e. The normalized spacial score (nSPS) is 24.8. The highest BCUT2D eigenvalue weighted by atomic mass is 16.5. The number of fused-ring (bicyclic) bond motifs is 1. The van der Waals surface area contributed by atoms with Crippen LogP contribution < -0.4 is 4.74 Å². The van der Waals surface area contributed by atoms with Gasteiger partial charge in [-0.2, -0.15) is 0 Å². The number of hydrogen-bond donors (Lipinski definition) is 3. The summed E-state index contributed by atoms with van der Waals surface area (Å²) in [5.74, 6) is 1.83. The molecule has 4 rings (SSSR count). The van der Waals surface area contributed by atoms with E-state index >= 15 is 0 Å². The Balaban J connectivity index is 1.33. The molecule has 1 saturated carbocycles. The van der Waals surface area contributed by atoms with Crippen LogP contribution in [0.5, 0.6) is 11.5 Å². The predicted molar refractivity (Wildman–Crippen MR) is 105 cm³/mol. The van der Waals surface area contributed by atoms with E-state index in [0.717, 1.165) is 37.2 Å². The topological polar surface area (TPSA) is 86.1 Å². The Morgan fingerprint density at radius 3 is 2.61 bits per heavy atom. The van der Waals surface area contributed by atoms with E-state index in [2.05, 4.69) is 9.88 Å². The lowest BCUT2D eigenvalue weighted by Crippen LogP contribution is -2.33. The minimum absolute atomic E-state index is 0.0991. The number of pyridine rings is 1. The maximum atomic E-state index is 11.1. The van der Waals surface area contributed by atoms with Gasteiger partial charge in [0.25, 0.3) is 0 Å². The quantitative estimate of drug-likeness (QED) is 0.708. The van der Waals surface area contributed by atoms with Crippen molar-refractivity contribution in [2.75, 3.05) is 26.7 Å². The number of aliphatic hydroxyl groups is 2. The van der Waals surface area contributed by atoms with Gasteiger partial charge in [-0.3, -0.25) is 9.88 Å². The summed E-state index contributed by atoms with van der Waals surface area (Å²) in [6.45, 7) is 2.31. The van der Waals surface area contributed by atoms with Crippen molar-refractivity contribution in [3.63, 3.8) is 0 Å². The molecule has 3 N–H and O–H groups in total. The molecule has 0 bridgehead atoms. The molecule has 6 nitrogen and oxygen atoms in total. The third-order valence-corrected chi connectivity index (χ3v) is 6.15. The van der Waals surface area contributed by atoms with Crippen molar-refractivity contribution in [1.82, 2.24) is 9.88 Å². The number of nitrogens with zero attached hydrogens (tertiary/aromatic N) is 2. The van der Waals surface area contributed by atoms with Crippen LogP contribution in [0.4, 0.5) is 0 Å². The Morgan fingerprint density at radius 1 is 1.21 bits per heavy atom. The minimum atomic E-state index is -0.671. The summed E-state index contributed by atoms with van der Waals surface area (Å²) in [6, 6.07) is 11.1. The van der Waals surface area contributed by atoms with Crippen LogP contribution in [0.3, 0.4) is 0 Å². The van der Waals surface area contributed by atoms with Crippen LogP contribution in [-0.2, 0) is 6.42 Å². The van der Waals surface area contributed by atoms with E-state index < -0.39 is 11.7 Å². The van der Waals surface area contributed by atoms with Crippen LogP contribution in [0, 0.1) is 11.8 Å². The average Bonchev–Trinajstić information content (AvgIpc) is 3.16. The third kappa shape index (κ3) is 4.14. The lowest BCUT2D eigenvalue weighted by Gasteiger charge is -2.27. The number of ether oxygens (including phenoxy) is 1. The molecule has 1 saturated heterocycles. The van der Waals surface area contributed by atoms with Crippen molar-refractivity contribution in [2.24, 2.45) is 11.8 Å². The van der Waals surface area contributed by atoms with Crippen molar-refractivity contribution in [1.29, 1.82) is 0 Å². The van der Waals surface area contributed by atoms with Crippen LogP contribution in [0.25, 0.3) is 0 Å². The minimum Gasteiger partial charge on any atom is -0.506 e. The van der Waals surface area contributed by atoms with Crippen molar-refractivity contribution in [3.05, 3.63) is 53.9 Å². The molecule has 1 aliphatic heterocycles. The second-order valence-electron chi connectivity index (χ2n) is 8.36. The number of benzene rings is 1. The summed E-state index contributed by atoms with van der Waals surface area (Å²) in [7, 11) is 1.66. The Morgan fingerprint density at radius 2 is 1.96 bits per heavy atom. The molecule has 1 aromatic carbocycles.